The topological polar surface area (TPSA) is 53.1 Å². The largest absolute Gasteiger partial charge is 0.384 e. The summed E-state index contributed by atoms with van der Waals surface area (Å²) >= 11 is 4.89. The van der Waals surface area contributed by atoms with Gasteiger partial charge in [0.15, 0.2) is 5.82 Å². The molecule has 112 valence electrons. The highest BCUT2D eigenvalue weighted by molar-refractivity contribution is 9.10. The van der Waals surface area contributed by atoms with Crippen LogP contribution in [0.25, 0.3) is 0 Å². The van der Waals surface area contributed by atoms with E-state index in [1.165, 1.54) is 4.88 Å². The summed E-state index contributed by atoms with van der Waals surface area (Å²) in [6, 6.07) is 7.60. The number of nitrogens with zero attached hydrogens (tertiary/aromatic N) is 1. The van der Waals surface area contributed by atoms with Gasteiger partial charge in [-0.05, 0) is 46.4 Å². The van der Waals surface area contributed by atoms with Gasteiger partial charge < -0.3 is 10.6 Å². The van der Waals surface area contributed by atoms with E-state index in [0.29, 0.717) is 11.3 Å². The lowest BCUT2D eigenvalue weighted by Gasteiger charge is -2.27. The number of nitrogen functional groups attached to an aromatic ring is 1. The normalized spacial score (nSPS) is 12.2. The Balaban J connectivity index is 2.24. The first-order chi connectivity index (χ1) is 9.91. The molecular formula is C15H17BrFN3S. The molecule has 0 saturated heterocycles. The van der Waals surface area contributed by atoms with E-state index in [0.717, 1.165) is 6.42 Å². The predicted octanol–water partition coefficient (Wildman–Crippen LogP) is 4.00. The lowest BCUT2D eigenvalue weighted by molar-refractivity contribution is 0.599. The second-order valence-electron chi connectivity index (χ2n) is 4.92. The summed E-state index contributed by atoms with van der Waals surface area (Å²) in [5, 5.41) is 9.48. The van der Waals surface area contributed by atoms with Crippen LogP contribution >= 0.6 is 27.3 Å². The van der Waals surface area contributed by atoms with Crippen LogP contribution in [0.15, 0.2) is 34.1 Å². The zero-order chi connectivity index (χ0) is 15.6. The average Bonchev–Trinajstić information content (AvgIpc) is 2.93. The fourth-order valence-corrected chi connectivity index (χ4v) is 3.49. The maximum Gasteiger partial charge on any atom is 0.161 e. The van der Waals surface area contributed by atoms with Crippen LogP contribution in [0.5, 0.6) is 0 Å². The summed E-state index contributed by atoms with van der Waals surface area (Å²) in [6.45, 7) is 2.06. The molecule has 2 rings (SSSR count). The van der Waals surface area contributed by atoms with Crippen LogP contribution in [0.4, 0.5) is 10.1 Å². The van der Waals surface area contributed by atoms with Crippen molar-refractivity contribution in [2.24, 2.45) is 5.73 Å². The minimum absolute atomic E-state index is 0.151. The second kappa shape index (κ2) is 6.58. The fraction of sp³-hybridized carbons (Fsp3) is 0.267. The first kappa shape index (κ1) is 16.0. The molecular weight excluding hydrogens is 353 g/mol. The van der Waals surface area contributed by atoms with Crippen molar-refractivity contribution in [1.29, 1.82) is 5.41 Å². The predicted molar refractivity (Wildman–Crippen MR) is 91.0 cm³/mol. The Morgan fingerprint density at radius 3 is 2.76 bits per heavy atom. The molecule has 3 N–H and O–H groups in total. The third-order valence-electron chi connectivity index (χ3n) is 3.47. The van der Waals surface area contributed by atoms with Gasteiger partial charge in [-0.25, -0.2) is 4.39 Å². The monoisotopic (exact) mass is 369 g/mol. The van der Waals surface area contributed by atoms with Crippen LogP contribution in [0.3, 0.4) is 0 Å². The number of anilines is 1. The maximum absolute atomic E-state index is 14.5. The maximum atomic E-state index is 14.5. The van der Waals surface area contributed by atoms with Gasteiger partial charge in [0.25, 0.3) is 0 Å². The first-order valence-electron chi connectivity index (χ1n) is 6.49. The number of hydrogen-bond donors (Lipinski definition) is 2. The Labute approximate surface area is 136 Å². The van der Waals surface area contributed by atoms with Crippen LogP contribution in [0.1, 0.15) is 17.4 Å². The molecule has 21 heavy (non-hydrogen) atoms. The number of nitrogens with one attached hydrogen (secondary N) is 1. The van der Waals surface area contributed by atoms with E-state index < -0.39 is 0 Å². The van der Waals surface area contributed by atoms with Crippen LogP contribution < -0.4 is 10.6 Å². The number of likely N-dealkylation sites (N-methyl/N-ethyl adjacent to an activating group) is 1. The first-order valence-corrected chi connectivity index (χ1v) is 8.16. The number of benzene rings is 1. The summed E-state index contributed by atoms with van der Waals surface area (Å²) in [6.07, 6.45) is 0.861. The van der Waals surface area contributed by atoms with Crippen molar-refractivity contribution in [3.8, 4) is 0 Å². The van der Waals surface area contributed by atoms with E-state index in [1.807, 2.05) is 23.4 Å². The van der Waals surface area contributed by atoms with Crippen molar-refractivity contribution in [3.05, 3.63) is 50.4 Å². The van der Waals surface area contributed by atoms with E-state index in [-0.39, 0.29) is 22.2 Å². The van der Waals surface area contributed by atoms with Crippen molar-refractivity contribution >= 4 is 38.8 Å². The van der Waals surface area contributed by atoms with Gasteiger partial charge in [0.1, 0.15) is 5.84 Å². The lowest BCUT2D eigenvalue weighted by Crippen LogP contribution is -2.31. The van der Waals surface area contributed by atoms with Crippen molar-refractivity contribution < 1.29 is 4.39 Å². The molecule has 0 aliphatic carbocycles. The van der Waals surface area contributed by atoms with Crippen molar-refractivity contribution in [3.63, 3.8) is 0 Å². The number of halogens is 2. The van der Waals surface area contributed by atoms with Gasteiger partial charge in [0.05, 0.1) is 10.2 Å². The molecule has 0 radical (unpaired) electrons. The summed E-state index contributed by atoms with van der Waals surface area (Å²) < 4.78 is 14.7. The molecule has 0 amide bonds. The standard InChI is InChI=1S/C15H17BrFN3S/c1-9(8-10-4-3-7-21-10)20(2)12-6-5-11(15(18)19)13(16)14(12)17/h3-7,9H,8H2,1-2H3,(H3,18,19). The molecule has 0 aliphatic heterocycles. The van der Waals surface area contributed by atoms with Gasteiger partial charge in [0, 0.05) is 30.0 Å². The Kier molecular flexibility index (Phi) is 5.00. The lowest BCUT2D eigenvalue weighted by atomic mass is 10.1. The molecule has 0 spiro atoms. The average molecular weight is 370 g/mol. The van der Waals surface area contributed by atoms with Crippen molar-refractivity contribution in [2.75, 3.05) is 11.9 Å². The van der Waals surface area contributed by atoms with E-state index in [9.17, 15) is 4.39 Å². The Hall–Kier alpha value is -1.40. The Morgan fingerprint density at radius 2 is 2.19 bits per heavy atom. The summed E-state index contributed by atoms with van der Waals surface area (Å²) in [5.41, 5.74) is 6.30. The Morgan fingerprint density at radius 1 is 1.48 bits per heavy atom. The van der Waals surface area contributed by atoms with Crippen LogP contribution in [0.2, 0.25) is 0 Å². The smallest absolute Gasteiger partial charge is 0.161 e. The number of hydrogen-bond acceptors (Lipinski definition) is 3. The van der Waals surface area contributed by atoms with Gasteiger partial charge in [-0.1, -0.05) is 6.07 Å². The van der Waals surface area contributed by atoms with Crippen molar-refractivity contribution in [2.45, 2.75) is 19.4 Å². The molecule has 1 heterocycles. The molecule has 0 fully saturated rings. The number of rotatable bonds is 5. The van der Waals surface area contributed by atoms with Crippen LogP contribution in [-0.2, 0) is 6.42 Å². The van der Waals surface area contributed by atoms with Gasteiger partial charge in [-0.15, -0.1) is 11.3 Å². The summed E-state index contributed by atoms with van der Waals surface area (Å²) in [5.74, 6) is -0.537. The molecule has 2 aromatic rings. The van der Waals surface area contributed by atoms with Crippen LogP contribution in [-0.4, -0.2) is 18.9 Å². The molecule has 0 bridgehead atoms. The number of thiophene rings is 1. The molecule has 1 atom stereocenters. The SMILES string of the molecule is CC(Cc1cccs1)N(C)c1ccc(C(=N)N)c(Br)c1F. The van der Waals surface area contributed by atoms with Gasteiger partial charge in [-0.2, -0.15) is 0 Å². The molecule has 1 aromatic heterocycles. The quantitative estimate of drug-likeness (QED) is 0.618. The van der Waals surface area contributed by atoms with Gasteiger partial charge in [0.2, 0.25) is 0 Å². The van der Waals surface area contributed by atoms with E-state index >= 15 is 0 Å². The molecule has 0 aliphatic rings. The minimum atomic E-state index is -0.386. The summed E-state index contributed by atoms with van der Waals surface area (Å²) in [4.78, 5) is 3.18. The molecule has 1 aromatic carbocycles. The van der Waals surface area contributed by atoms with Gasteiger partial charge in [-0.3, -0.25) is 5.41 Å². The molecule has 1 unspecified atom stereocenters. The van der Waals surface area contributed by atoms with Gasteiger partial charge >= 0.3 is 0 Å². The fourth-order valence-electron chi connectivity index (χ4n) is 2.11. The number of amidine groups is 1. The molecule has 3 nitrogen and oxygen atoms in total. The molecule has 0 saturated carbocycles. The molecule has 6 heteroatoms. The zero-order valence-electron chi connectivity index (χ0n) is 11.9. The highest BCUT2D eigenvalue weighted by Gasteiger charge is 2.19. The highest BCUT2D eigenvalue weighted by atomic mass is 79.9. The second-order valence-corrected chi connectivity index (χ2v) is 6.74. The number of nitrogens with two attached hydrogens (primary N) is 1. The Bertz CT molecular complexity index is 643. The third-order valence-corrected chi connectivity index (χ3v) is 5.14. The van der Waals surface area contributed by atoms with Crippen molar-refractivity contribution in [1.82, 2.24) is 0 Å². The van der Waals surface area contributed by atoms with E-state index in [1.54, 1.807) is 23.5 Å². The zero-order valence-corrected chi connectivity index (χ0v) is 14.3. The minimum Gasteiger partial charge on any atom is -0.384 e. The highest BCUT2D eigenvalue weighted by Crippen LogP contribution is 2.30. The van der Waals surface area contributed by atoms with Crippen LogP contribution in [0, 0.1) is 11.2 Å². The van der Waals surface area contributed by atoms with E-state index in [4.69, 9.17) is 11.1 Å². The third kappa shape index (κ3) is 3.44. The summed E-state index contributed by atoms with van der Waals surface area (Å²) in [7, 11) is 1.87. The van der Waals surface area contributed by atoms with E-state index in [2.05, 4.69) is 28.9 Å².